The third-order valence-corrected chi connectivity index (χ3v) is 7.69. The van der Waals surface area contributed by atoms with Crippen LogP contribution in [0.25, 0.3) is 22.0 Å². The molecular formula is C26H24ClF3N2OS. The zero-order chi connectivity index (χ0) is 22.9. The third-order valence-electron chi connectivity index (χ3n) is 6.23. The van der Waals surface area contributed by atoms with Crippen LogP contribution in [0.1, 0.15) is 24.1 Å². The number of nitrogens with one attached hydrogen (secondary N) is 2. The molecule has 2 atom stereocenters. The first-order valence-electron chi connectivity index (χ1n) is 10.9. The van der Waals surface area contributed by atoms with E-state index < -0.39 is 11.2 Å². The Morgan fingerprint density at radius 2 is 1.59 bits per heavy atom. The summed E-state index contributed by atoms with van der Waals surface area (Å²) in [6.07, 6.45) is 2.30. The van der Waals surface area contributed by atoms with Crippen LogP contribution in [0, 0.1) is 17.5 Å². The number of benzene rings is 3. The number of hydrogen-bond donors (Lipinski definition) is 2. The van der Waals surface area contributed by atoms with Crippen LogP contribution >= 0.6 is 12.4 Å². The molecule has 34 heavy (non-hydrogen) atoms. The average molecular weight is 505 g/mol. The van der Waals surface area contributed by atoms with Gasteiger partial charge in [0, 0.05) is 30.1 Å². The van der Waals surface area contributed by atoms with E-state index in [-0.39, 0.29) is 35.9 Å². The highest BCUT2D eigenvalue weighted by molar-refractivity contribution is 7.91. The molecule has 1 aliphatic rings. The summed E-state index contributed by atoms with van der Waals surface area (Å²) in [5, 5.41) is 4.36. The second-order valence-electron chi connectivity index (χ2n) is 8.36. The van der Waals surface area contributed by atoms with Gasteiger partial charge in [-0.05, 0) is 83.2 Å². The summed E-state index contributed by atoms with van der Waals surface area (Å²) < 4.78 is 53.5. The van der Waals surface area contributed by atoms with Gasteiger partial charge in [-0.3, -0.25) is 0 Å². The standard InChI is InChI=1S/C26H23F3N2OS.ClH/c27-17-5-3-16(4-6-17)21-11-12-23(29)26-25(21)22-15-30-19(14-24(22)31-26)2-1-13-33(32)20-9-7-18(28)8-10-20;/h3-12,19,30-31H,1-2,13-15H2;1H. The number of halogens is 4. The molecule has 3 nitrogen and oxygen atoms in total. The molecule has 0 amide bonds. The Labute approximate surface area is 205 Å². The summed E-state index contributed by atoms with van der Waals surface area (Å²) in [6, 6.07) is 15.4. The number of fused-ring (bicyclic) bond motifs is 3. The molecule has 0 aliphatic carbocycles. The molecule has 3 aromatic carbocycles. The Balaban J connectivity index is 0.00000274. The minimum Gasteiger partial charge on any atom is -0.611 e. The first-order valence-corrected chi connectivity index (χ1v) is 12.3. The summed E-state index contributed by atoms with van der Waals surface area (Å²) in [5.41, 5.74) is 4.23. The van der Waals surface area contributed by atoms with Crippen molar-refractivity contribution in [2.24, 2.45) is 0 Å². The van der Waals surface area contributed by atoms with Gasteiger partial charge in [-0.1, -0.05) is 18.2 Å². The summed E-state index contributed by atoms with van der Waals surface area (Å²) in [5.74, 6) is -0.447. The van der Waals surface area contributed by atoms with Crippen molar-refractivity contribution < 1.29 is 17.7 Å². The van der Waals surface area contributed by atoms with Crippen molar-refractivity contribution >= 4 is 34.5 Å². The quantitative estimate of drug-likeness (QED) is 0.304. The highest BCUT2D eigenvalue weighted by Gasteiger charge is 2.25. The van der Waals surface area contributed by atoms with E-state index in [9.17, 15) is 17.7 Å². The predicted octanol–water partition coefficient (Wildman–Crippen LogP) is 6.28. The lowest BCUT2D eigenvalue weighted by atomic mass is 9.94. The average Bonchev–Trinajstić information content (AvgIpc) is 3.20. The SMILES string of the molecule is Cl.[O-][S+](CCCC1Cc2[nH]c3c(F)ccc(-c4ccc(F)cc4)c3c2CN1)c1ccc(F)cc1. The second kappa shape index (κ2) is 10.4. The minimum atomic E-state index is -1.16. The Morgan fingerprint density at radius 3 is 2.29 bits per heavy atom. The van der Waals surface area contributed by atoms with Gasteiger partial charge in [-0.25, -0.2) is 13.2 Å². The van der Waals surface area contributed by atoms with Crippen LogP contribution in [0.4, 0.5) is 13.2 Å². The van der Waals surface area contributed by atoms with E-state index in [0.29, 0.717) is 22.7 Å². The number of rotatable bonds is 6. The highest BCUT2D eigenvalue weighted by Crippen LogP contribution is 2.36. The van der Waals surface area contributed by atoms with Crippen molar-refractivity contribution in [3.05, 3.63) is 89.4 Å². The van der Waals surface area contributed by atoms with Crippen molar-refractivity contribution in [2.45, 2.75) is 36.7 Å². The zero-order valence-corrected chi connectivity index (χ0v) is 19.9. The van der Waals surface area contributed by atoms with Crippen molar-refractivity contribution in [1.82, 2.24) is 10.3 Å². The second-order valence-corrected chi connectivity index (χ2v) is 9.93. The molecule has 0 radical (unpaired) electrons. The molecule has 0 fully saturated rings. The maximum absolute atomic E-state index is 14.6. The topological polar surface area (TPSA) is 50.9 Å². The van der Waals surface area contributed by atoms with Crippen molar-refractivity contribution in [2.75, 3.05) is 5.75 Å². The molecule has 4 aromatic rings. The summed E-state index contributed by atoms with van der Waals surface area (Å²) in [7, 11) is 0. The van der Waals surface area contributed by atoms with Crippen LogP contribution in [0.2, 0.25) is 0 Å². The fourth-order valence-corrected chi connectivity index (χ4v) is 5.67. The van der Waals surface area contributed by atoms with Gasteiger partial charge in [-0.2, -0.15) is 0 Å². The molecule has 8 heteroatoms. The Hall–Kier alpha value is -2.45. The van der Waals surface area contributed by atoms with Crippen molar-refractivity contribution in [1.29, 1.82) is 0 Å². The molecule has 0 spiro atoms. The van der Waals surface area contributed by atoms with Crippen LogP contribution in [-0.2, 0) is 24.1 Å². The normalized spacial score (nSPS) is 16.2. The first-order chi connectivity index (χ1) is 16.0. The molecule has 1 aromatic heterocycles. The lowest BCUT2D eigenvalue weighted by Gasteiger charge is -2.24. The summed E-state index contributed by atoms with van der Waals surface area (Å²) >= 11 is -1.16. The van der Waals surface area contributed by atoms with Crippen LogP contribution in [0.3, 0.4) is 0 Å². The van der Waals surface area contributed by atoms with Crippen LogP contribution in [-0.4, -0.2) is 21.3 Å². The molecule has 2 unspecified atom stereocenters. The molecular weight excluding hydrogens is 481 g/mol. The van der Waals surface area contributed by atoms with E-state index in [2.05, 4.69) is 10.3 Å². The fraction of sp³-hybridized carbons (Fsp3) is 0.231. The molecule has 1 aliphatic heterocycles. The molecule has 178 valence electrons. The Kier molecular flexibility index (Phi) is 7.57. The van der Waals surface area contributed by atoms with Gasteiger partial charge in [0.25, 0.3) is 0 Å². The molecule has 0 saturated heterocycles. The van der Waals surface area contributed by atoms with E-state index in [1.54, 1.807) is 30.3 Å². The largest absolute Gasteiger partial charge is 0.611 e. The van der Waals surface area contributed by atoms with Crippen molar-refractivity contribution in [3.63, 3.8) is 0 Å². The van der Waals surface area contributed by atoms with Gasteiger partial charge in [0.15, 0.2) is 4.90 Å². The fourth-order valence-electron chi connectivity index (χ4n) is 4.56. The molecule has 0 bridgehead atoms. The molecule has 0 saturated carbocycles. The first kappa shape index (κ1) is 24.7. The number of H-pyrrole nitrogens is 1. The van der Waals surface area contributed by atoms with Gasteiger partial charge in [0.2, 0.25) is 0 Å². The lowest BCUT2D eigenvalue weighted by molar-refractivity contribution is 0.445. The Morgan fingerprint density at radius 1 is 0.912 bits per heavy atom. The van der Waals surface area contributed by atoms with Crippen LogP contribution in [0.5, 0.6) is 0 Å². The molecule has 5 rings (SSSR count). The smallest absolute Gasteiger partial charge is 0.152 e. The monoisotopic (exact) mass is 504 g/mol. The summed E-state index contributed by atoms with van der Waals surface area (Å²) in [6.45, 7) is 0.596. The number of hydrogen-bond acceptors (Lipinski definition) is 2. The zero-order valence-electron chi connectivity index (χ0n) is 18.2. The van der Waals surface area contributed by atoms with Gasteiger partial charge >= 0.3 is 0 Å². The van der Waals surface area contributed by atoms with E-state index in [1.807, 2.05) is 0 Å². The number of aromatic nitrogens is 1. The van der Waals surface area contributed by atoms with Crippen molar-refractivity contribution in [3.8, 4) is 11.1 Å². The lowest BCUT2D eigenvalue weighted by Crippen LogP contribution is -2.35. The van der Waals surface area contributed by atoms with E-state index in [4.69, 9.17) is 0 Å². The van der Waals surface area contributed by atoms with Gasteiger partial charge in [0.05, 0.1) is 5.52 Å². The van der Waals surface area contributed by atoms with Gasteiger partial charge < -0.3 is 14.9 Å². The van der Waals surface area contributed by atoms with Gasteiger partial charge in [0.1, 0.15) is 23.2 Å². The summed E-state index contributed by atoms with van der Waals surface area (Å²) in [4.78, 5) is 3.92. The van der Waals surface area contributed by atoms with Crippen LogP contribution < -0.4 is 5.32 Å². The minimum absolute atomic E-state index is 0. The van der Waals surface area contributed by atoms with Gasteiger partial charge in [-0.15, -0.1) is 12.4 Å². The maximum Gasteiger partial charge on any atom is 0.152 e. The molecule has 2 heterocycles. The van der Waals surface area contributed by atoms with E-state index in [0.717, 1.165) is 47.0 Å². The van der Waals surface area contributed by atoms with E-state index >= 15 is 0 Å². The predicted molar refractivity (Wildman–Crippen MR) is 132 cm³/mol. The Bertz CT molecular complexity index is 1280. The molecule has 2 N–H and O–H groups in total. The number of aromatic amines is 1. The van der Waals surface area contributed by atoms with Crippen LogP contribution in [0.15, 0.2) is 65.6 Å². The third kappa shape index (κ3) is 4.98. The van der Waals surface area contributed by atoms with E-state index in [1.165, 1.54) is 30.3 Å². The maximum atomic E-state index is 14.6. The highest BCUT2D eigenvalue weighted by atomic mass is 35.5.